The Labute approximate surface area is 219 Å². The molecule has 0 spiro atoms. The average molecular weight is 545 g/mol. The third-order valence-electron chi connectivity index (χ3n) is 5.06. The number of carbonyl (C=O) groups excluding carboxylic acids is 2. The molecule has 0 saturated heterocycles. The van der Waals surface area contributed by atoms with Crippen molar-refractivity contribution < 1.29 is 41.1 Å². The van der Waals surface area contributed by atoms with Crippen LogP contribution < -0.4 is 5.48 Å². The number of hydrogen-bond acceptors (Lipinski definition) is 5. The lowest BCUT2D eigenvalue weighted by molar-refractivity contribution is -0.143. The predicted molar refractivity (Wildman–Crippen MR) is 133 cm³/mol. The number of rotatable bonds is 7. The van der Waals surface area contributed by atoms with Gasteiger partial charge >= 0.3 is 12.1 Å². The smallest absolute Gasteiger partial charge is 0.451 e. The van der Waals surface area contributed by atoms with Crippen LogP contribution in [0.1, 0.15) is 58.8 Å². The molecular formula is C27H33F5N2O4. The first-order valence-corrected chi connectivity index (χ1v) is 11.7. The summed E-state index contributed by atoms with van der Waals surface area (Å²) in [7, 11) is 0. The molecule has 38 heavy (non-hydrogen) atoms. The molecule has 1 heterocycles. The lowest BCUT2D eigenvalue weighted by Crippen LogP contribution is -2.36. The maximum atomic E-state index is 13.8. The summed E-state index contributed by atoms with van der Waals surface area (Å²) in [5.74, 6) is -5.75. The summed E-state index contributed by atoms with van der Waals surface area (Å²) in [4.78, 5) is 32.0. The van der Waals surface area contributed by atoms with Gasteiger partial charge in [0.1, 0.15) is 5.57 Å². The summed E-state index contributed by atoms with van der Waals surface area (Å²) in [6.07, 6.45) is -4.45. The normalized spacial score (nSPS) is 15.1. The van der Waals surface area contributed by atoms with Gasteiger partial charge in [-0.25, -0.2) is 19.1 Å². The molecule has 2 rings (SSSR count). The maximum Gasteiger partial charge on any atom is 0.451 e. The van der Waals surface area contributed by atoms with Crippen molar-refractivity contribution >= 4 is 11.9 Å². The van der Waals surface area contributed by atoms with E-state index >= 15 is 0 Å². The van der Waals surface area contributed by atoms with Crippen molar-refractivity contribution in [1.82, 2.24) is 10.4 Å². The van der Waals surface area contributed by atoms with Crippen LogP contribution in [-0.2, 0) is 14.4 Å². The predicted octanol–water partition coefficient (Wildman–Crippen LogP) is 6.74. The number of carbonyl (C=O) groups is 2. The Morgan fingerprint density at radius 3 is 2.16 bits per heavy atom. The van der Waals surface area contributed by atoms with Crippen molar-refractivity contribution in [3.05, 3.63) is 82.9 Å². The zero-order valence-corrected chi connectivity index (χ0v) is 22.5. The standard InChI is InChI=1S/C25H27F5N2O4.C2H6/c1-13(2)20-21(31-36-15(5)25(28,29)30)17(23(34)35-14(3)4)11-32(12-24(20,6)7)22(33)16-8-9-18(26)19(27)10-16;1-2/h8-11,14,31H,1,5,12H2,2-4,6-7H3;1-2H3. The number of alkyl halides is 3. The summed E-state index contributed by atoms with van der Waals surface area (Å²) < 4.78 is 71.5. The number of nitrogens with one attached hydrogen (secondary N) is 1. The van der Waals surface area contributed by atoms with Gasteiger partial charge in [-0.05, 0) is 51.1 Å². The van der Waals surface area contributed by atoms with E-state index in [1.54, 1.807) is 34.6 Å². The molecule has 1 N–H and O–H groups in total. The average Bonchev–Trinajstić information content (AvgIpc) is 2.92. The Morgan fingerprint density at radius 2 is 1.68 bits per heavy atom. The van der Waals surface area contributed by atoms with E-state index in [1.165, 1.54) is 0 Å². The molecule has 0 fully saturated rings. The Balaban J connectivity index is 0.00000352. The van der Waals surface area contributed by atoms with Gasteiger partial charge in [-0.15, -0.1) is 0 Å². The van der Waals surface area contributed by atoms with E-state index < -0.39 is 47.0 Å². The van der Waals surface area contributed by atoms with E-state index in [4.69, 9.17) is 4.74 Å². The molecular weight excluding hydrogens is 511 g/mol. The Kier molecular flexibility index (Phi) is 10.9. The topological polar surface area (TPSA) is 67.9 Å². The molecule has 0 bridgehead atoms. The summed E-state index contributed by atoms with van der Waals surface area (Å²) in [6.45, 7) is 18.6. The molecule has 1 aromatic rings. The molecule has 1 amide bonds. The number of amides is 1. The lowest BCUT2D eigenvalue weighted by atomic mass is 9.79. The van der Waals surface area contributed by atoms with E-state index in [2.05, 4.69) is 23.5 Å². The van der Waals surface area contributed by atoms with Crippen LogP contribution in [0.15, 0.2) is 65.7 Å². The molecule has 1 aliphatic rings. The van der Waals surface area contributed by atoms with Gasteiger partial charge in [-0.1, -0.05) is 39.8 Å². The first-order chi connectivity index (χ1) is 17.5. The van der Waals surface area contributed by atoms with Gasteiger partial charge in [0.05, 0.1) is 11.8 Å². The molecule has 1 aromatic carbocycles. The van der Waals surface area contributed by atoms with E-state index in [0.717, 1.165) is 23.2 Å². The Morgan fingerprint density at radius 1 is 1.11 bits per heavy atom. The SMILES string of the molecule is C=C(C)C1=C(NOC(=C)C(F)(F)F)C(C(=O)OC(C)C)=CN(C(=O)c2ccc(F)c(F)c2)CC1(C)C.CC. The summed E-state index contributed by atoms with van der Waals surface area (Å²) in [6, 6.07) is 2.56. The minimum Gasteiger partial charge on any atom is -0.459 e. The van der Waals surface area contributed by atoms with E-state index in [-0.39, 0.29) is 29.0 Å². The molecule has 210 valence electrons. The molecule has 1 aliphatic heterocycles. The first kappa shape index (κ1) is 32.4. The van der Waals surface area contributed by atoms with Crippen LogP contribution in [0, 0.1) is 17.0 Å². The number of nitrogens with zero attached hydrogens (tertiary/aromatic N) is 1. The summed E-state index contributed by atoms with van der Waals surface area (Å²) in [5.41, 5.74) is 0.973. The number of esters is 1. The minimum atomic E-state index is -4.89. The van der Waals surface area contributed by atoms with Gasteiger partial charge in [-0.2, -0.15) is 13.2 Å². The summed E-state index contributed by atoms with van der Waals surface area (Å²) >= 11 is 0. The van der Waals surface area contributed by atoms with Crippen LogP contribution in [-0.4, -0.2) is 35.6 Å². The van der Waals surface area contributed by atoms with E-state index in [0.29, 0.717) is 11.6 Å². The van der Waals surface area contributed by atoms with Crippen molar-refractivity contribution in [2.45, 2.75) is 60.7 Å². The second kappa shape index (κ2) is 12.7. The second-order valence-electron chi connectivity index (χ2n) is 9.10. The highest BCUT2D eigenvalue weighted by atomic mass is 19.4. The van der Waals surface area contributed by atoms with Gasteiger partial charge in [0, 0.05) is 23.7 Å². The van der Waals surface area contributed by atoms with Crippen molar-refractivity contribution in [3.8, 4) is 0 Å². The fraction of sp³-hybridized carbons (Fsp3) is 0.407. The molecule has 11 heteroatoms. The van der Waals surface area contributed by atoms with Crippen LogP contribution in [0.4, 0.5) is 22.0 Å². The Hall–Kier alpha value is -3.63. The molecule has 0 aliphatic carbocycles. The van der Waals surface area contributed by atoms with Crippen molar-refractivity contribution in [1.29, 1.82) is 0 Å². The quantitative estimate of drug-likeness (QED) is 0.178. The molecule has 0 unspecified atom stereocenters. The van der Waals surface area contributed by atoms with Crippen LogP contribution in [0.3, 0.4) is 0 Å². The fourth-order valence-electron chi connectivity index (χ4n) is 3.67. The third-order valence-corrected chi connectivity index (χ3v) is 5.06. The number of allylic oxidation sites excluding steroid dienone is 2. The number of hydroxylamine groups is 1. The molecule has 0 atom stereocenters. The monoisotopic (exact) mass is 544 g/mol. The van der Waals surface area contributed by atoms with E-state index in [1.807, 2.05) is 13.8 Å². The van der Waals surface area contributed by atoms with Gasteiger partial charge < -0.3 is 14.5 Å². The minimum absolute atomic E-state index is 0.114. The van der Waals surface area contributed by atoms with Gasteiger partial charge in [0.25, 0.3) is 5.91 Å². The molecule has 6 nitrogen and oxygen atoms in total. The molecule has 0 radical (unpaired) electrons. The second-order valence-corrected chi connectivity index (χ2v) is 9.10. The van der Waals surface area contributed by atoms with Crippen LogP contribution in [0.5, 0.6) is 0 Å². The zero-order valence-electron chi connectivity index (χ0n) is 22.5. The van der Waals surface area contributed by atoms with Crippen LogP contribution >= 0.6 is 0 Å². The highest BCUT2D eigenvalue weighted by Gasteiger charge is 2.39. The lowest BCUT2D eigenvalue weighted by Gasteiger charge is -2.32. The fourth-order valence-corrected chi connectivity index (χ4v) is 3.67. The first-order valence-electron chi connectivity index (χ1n) is 11.7. The van der Waals surface area contributed by atoms with E-state index in [9.17, 15) is 31.5 Å². The highest BCUT2D eigenvalue weighted by Crippen LogP contribution is 2.39. The molecule has 0 aromatic heterocycles. The number of hydrogen-bond donors (Lipinski definition) is 1. The van der Waals surface area contributed by atoms with Crippen molar-refractivity contribution in [2.75, 3.05) is 6.54 Å². The largest absolute Gasteiger partial charge is 0.459 e. The van der Waals surface area contributed by atoms with Gasteiger partial charge in [0.2, 0.25) is 5.76 Å². The van der Waals surface area contributed by atoms with Crippen LogP contribution in [0.25, 0.3) is 0 Å². The van der Waals surface area contributed by atoms with Gasteiger partial charge in [0.15, 0.2) is 11.6 Å². The van der Waals surface area contributed by atoms with Crippen molar-refractivity contribution in [2.24, 2.45) is 5.41 Å². The van der Waals surface area contributed by atoms with Crippen LogP contribution in [0.2, 0.25) is 0 Å². The number of halogens is 5. The Bertz CT molecular complexity index is 1150. The highest BCUT2D eigenvalue weighted by molar-refractivity contribution is 5.98. The third kappa shape index (κ3) is 7.93. The number of benzene rings is 1. The maximum absolute atomic E-state index is 13.8. The van der Waals surface area contributed by atoms with Gasteiger partial charge in [-0.3, -0.25) is 4.79 Å². The van der Waals surface area contributed by atoms with Crippen molar-refractivity contribution in [3.63, 3.8) is 0 Å². The number of ether oxygens (including phenoxy) is 1. The summed E-state index contributed by atoms with van der Waals surface area (Å²) in [5, 5.41) is 0. The molecule has 0 saturated carbocycles. The zero-order chi connectivity index (χ0) is 29.6.